The van der Waals surface area contributed by atoms with Gasteiger partial charge in [0.1, 0.15) is 5.82 Å². The first kappa shape index (κ1) is 15.5. The molecule has 0 aliphatic heterocycles. The summed E-state index contributed by atoms with van der Waals surface area (Å²) in [5, 5.41) is 3.41. The van der Waals surface area contributed by atoms with E-state index in [2.05, 4.69) is 12.2 Å². The van der Waals surface area contributed by atoms with Crippen LogP contribution in [0.5, 0.6) is 0 Å². The van der Waals surface area contributed by atoms with Crippen LogP contribution in [0.2, 0.25) is 0 Å². The smallest absolute Gasteiger partial charge is 0.123 e. The van der Waals surface area contributed by atoms with Crippen LogP contribution < -0.4 is 5.32 Å². The van der Waals surface area contributed by atoms with Crippen molar-refractivity contribution in [3.63, 3.8) is 0 Å². The van der Waals surface area contributed by atoms with E-state index >= 15 is 0 Å². The van der Waals surface area contributed by atoms with Gasteiger partial charge in [-0.1, -0.05) is 25.8 Å². The summed E-state index contributed by atoms with van der Waals surface area (Å²) in [5.41, 5.74) is 1.94. The number of methoxy groups -OCH3 is 1. The van der Waals surface area contributed by atoms with Crippen molar-refractivity contribution in [2.24, 2.45) is 5.92 Å². The molecule has 3 heteroatoms. The van der Waals surface area contributed by atoms with Gasteiger partial charge in [-0.3, -0.25) is 0 Å². The van der Waals surface area contributed by atoms with Crippen LogP contribution in [0.25, 0.3) is 0 Å². The summed E-state index contributed by atoms with van der Waals surface area (Å²) < 4.78 is 19.3. The normalized spacial score (nSPS) is 28.4. The molecule has 20 heavy (non-hydrogen) atoms. The minimum Gasteiger partial charge on any atom is -0.376 e. The van der Waals surface area contributed by atoms with Gasteiger partial charge in [0, 0.05) is 7.11 Å². The van der Waals surface area contributed by atoms with Crippen molar-refractivity contribution < 1.29 is 9.13 Å². The molecule has 1 aromatic rings. The Hall–Kier alpha value is -0.930. The van der Waals surface area contributed by atoms with Crippen molar-refractivity contribution in [3.8, 4) is 0 Å². The minimum absolute atomic E-state index is 0.107. The van der Waals surface area contributed by atoms with E-state index < -0.39 is 0 Å². The number of aryl methyl sites for hydroxylation is 1. The van der Waals surface area contributed by atoms with Crippen LogP contribution in [0, 0.1) is 18.7 Å². The van der Waals surface area contributed by atoms with Crippen molar-refractivity contribution in [3.05, 3.63) is 35.1 Å². The third-order valence-electron chi connectivity index (χ3n) is 4.76. The zero-order valence-electron chi connectivity index (χ0n) is 13.0. The average molecular weight is 279 g/mol. The number of benzene rings is 1. The Bertz CT molecular complexity index is 462. The van der Waals surface area contributed by atoms with Crippen LogP contribution in [-0.4, -0.2) is 19.8 Å². The van der Waals surface area contributed by atoms with Gasteiger partial charge >= 0.3 is 0 Å². The number of hydrogen-bond acceptors (Lipinski definition) is 2. The molecule has 1 N–H and O–H groups in total. The first-order valence-corrected chi connectivity index (χ1v) is 7.51. The summed E-state index contributed by atoms with van der Waals surface area (Å²) in [5.74, 6) is 0.491. The molecule has 0 aromatic heterocycles. The van der Waals surface area contributed by atoms with Crippen LogP contribution in [0.3, 0.4) is 0 Å². The van der Waals surface area contributed by atoms with Crippen LogP contribution in [0.4, 0.5) is 4.39 Å². The fourth-order valence-electron chi connectivity index (χ4n) is 3.77. The number of halogens is 1. The molecular weight excluding hydrogens is 253 g/mol. The van der Waals surface area contributed by atoms with Gasteiger partial charge in [-0.15, -0.1) is 0 Å². The van der Waals surface area contributed by atoms with Gasteiger partial charge in [-0.2, -0.15) is 0 Å². The molecule has 2 rings (SSSR count). The maximum atomic E-state index is 13.3. The van der Waals surface area contributed by atoms with Crippen LogP contribution in [-0.2, 0) is 4.74 Å². The SMILES string of the molecule is CNC(c1ccc(F)cc1C)C1(OC)CCCC(C)C1. The van der Waals surface area contributed by atoms with E-state index in [-0.39, 0.29) is 17.5 Å². The molecule has 0 bridgehead atoms. The summed E-state index contributed by atoms with van der Waals surface area (Å²) in [6.45, 7) is 4.26. The first-order chi connectivity index (χ1) is 9.52. The van der Waals surface area contributed by atoms with Gasteiger partial charge in [-0.25, -0.2) is 4.39 Å². The molecule has 2 nitrogen and oxygen atoms in total. The molecule has 0 radical (unpaired) electrons. The van der Waals surface area contributed by atoms with Crippen LogP contribution >= 0.6 is 0 Å². The molecular formula is C17H26FNO. The molecule has 3 atom stereocenters. The van der Waals surface area contributed by atoms with Crippen molar-refractivity contribution in [1.29, 1.82) is 0 Å². The summed E-state index contributed by atoms with van der Waals surface area (Å²) in [4.78, 5) is 0. The number of hydrogen-bond donors (Lipinski definition) is 1. The molecule has 1 aromatic carbocycles. The number of ether oxygens (including phenoxy) is 1. The monoisotopic (exact) mass is 279 g/mol. The van der Waals surface area contributed by atoms with E-state index in [1.54, 1.807) is 19.2 Å². The lowest BCUT2D eigenvalue weighted by Gasteiger charge is -2.45. The fourth-order valence-corrected chi connectivity index (χ4v) is 3.77. The molecule has 0 amide bonds. The lowest BCUT2D eigenvalue weighted by Crippen LogP contribution is -2.47. The van der Waals surface area contributed by atoms with E-state index in [1.165, 1.54) is 12.8 Å². The van der Waals surface area contributed by atoms with Gasteiger partial charge in [0.15, 0.2) is 0 Å². The number of nitrogens with one attached hydrogen (secondary N) is 1. The maximum absolute atomic E-state index is 13.3. The van der Waals surface area contributed by atoms with Crippen LogP contribution in [0.1, 0.15) is 49.8 Å². The average Bonchev–Trinajstić information content (AvgIpc) is 2.42. The van der Waals surface area contributed by atoms with E-state index in [0.29, 0.717) is 5.92 Å². The third-order valence-corrected chi connectivity index (χ3v) is 4.76. The highest BCUT2D eigenvalue weighted by Gasteiger charge is 2.42. The predicted molar refractivity (Wildman–Crippen MR) is 80.3 cm³/mol. The topological polar surface area (TPSA) is 21.3 Å². The third kappa shape index (κ3) is 2.89. The first-order valence-electron chi connectivity index (χ1n) is 7.51. The van der Waals surface area contributed by atoms with E-state index in [9.17, 15) is 4.39 Å². The summed E-state index contributed by atoms with van der Waals surface area (Å²) in [7, 11) is 3.77. The Morgan fingerprint density at radius 2 is 2.20 bits per heavy atom. The second-order valence-electron chi connectivity index (χ2n) is 6.19. The quantitative estimate of drug-likeness (QED) is 0.900. The molecule has 1 aliphatic rings. The zero-order chi connectivity index (χ0) is 14.8. The number of rotatable bonds is 4. The maximum Gasteiger partial charge on any atom is 0.123 e. The standard InChI is InChI=1S/C17H26FNO/c1-12-6-5-9-17(11-12,20-4)16(19-3)15-8-7-14(18)10-13(15)2/h7-8,10,12,16,19H,5-6,9,11H2,1-4H3. The van der Waals surface area contributed by atoms with Gasteiger partial charge in [0.2, 0.25) is 0 Å². The molecule has 112 valence electrons. The van der Waals surface area contributed by atoms with Crippen molar-refractivity contribution in [2.75, 3.05) is 14.2 Å². The van der Waals surface area contributed by atoms with Crippen molar-refractivity contribution in [2.45, 2.75) is 51.2 Å². The minimum atomic E-state index is -0.186. The summed E-state index contributed by atoms with van der Waals surface area (Å²) >= 11 is 0. The predicted octanol–water partition coefficient (Wildman–Crippen LogP) is 3.99. The molecule has 1 fully saturated rings. The second kappa shape index (κ2) is 6.23. The lowest BCUT2D eigenvalue weighted by molar-refractivity contribution is -0.0791. The van der Waals surface area contributed by atoms with Gasteiger partial charge in [0.05, 0.1) is 11.6 Å². The molecule has 1 aliphatic carbocycles. The summed E-state index contributed by atoms with van der Waals surface area (Å²) in [6.07, 6.45) is 4.55. The van der Waals surface area contributed by atoms with Crippen molar-refractivity contribution >= 4 is 0 Å². The highest BCUT2D eigenvalue weighted by molar-refractivity contribution is 5.32. The van der Waals surface area contributed by atoms with Gasteiger partial charge < -0.3 is 10.1 Å². The Balaban J connectivity index is 2.38. The number of likely N-dealkylation sites (N-methyl/N-ethyl adjacent to an activating group) is 1. The molecule has 0 spiro atoms. The van der Waals surface area contributed by atoms with Crippen molar-refractivity contribution in [1.82, 2.24) is 5.32 Å². The van der Waals surface area contributed by atoms with Gasteiger partial charge in [-0.05, 0) is 56.0 Å². The Morgan fingerprint density at radius 1 is 1.45 bits per heavy atom. The van der Waals surface area contributed by atoms with Crippen LogP contribution in [0.15, 0.2) is 18.2 Å². The zero-order valence-corrected chi connectivity index (χ0v) is 13.0. The summed E-state index contributed by atoms with van der Waals surface area (Å²) in [6, 6.07) is 5.15. The lowest BCUT2D eigenvalue weighted by atomic mass is 9.72. The molecule has 3 unspecified atom stereocenters. The Morgan fingerprint density at radius 3 is 2.75 bits per heavy atom. The fraction of sp³-hybridized carbons (Fsp3) is 0.647. The molecule has 0 heterocycles. The highest BCUT2D eigenvalue weighted by atomic mass is 19.1. The largest absolute Gasteiger partial charge is 0.376 e. The highest BCUT2D eigenvalue weighted by Crippen LogP contribution is 2.43. The Kier molecular flexibility index (Phi) is 4.82. The molecule has 1 saturated carbocycles. The van der Waals surface area contributed by atoms with E-state index in [1.807, 2.05) is 20.0 Å². The Labute approximate surface area is 121 Å². The second-order valence-corrected chi connectivity index (χ2v) is 6.19. The van der Waals surface area contributed by atoms with E-state index in [0.717, 1.165) is 24.0 Å². The molecule has 0 saturated heterocycles. The van der Waals surface area contributed by atoms with Gasteiger partial charge in [0.25, 0.3) is 0 Å². The van der Waals surface area contributed by atoms with E-state index in [4.69, 9.17) is 4.74 Å².